The molecular formula is C20H23ClN6O. The van der Waals surface area contributed by atoms with Gasteiger partial charge in [0, 0.05) is 23.1 Å². The van der Waals surface area contributed by atoms with Crippen LogP contribution in [0.3, 0.4) is 0 Å². The highest BCUT2D eigenvalue weighted by Gasteiger charge is 2.32. The summed E-state index contributed by atoms with van der Waals surface area (Å²) in [7, 11) is 0. The number of imidazole rings is 1. The van der Waals surface area contributed by atoms with Crippen LogP contribution in [-0.4, -0.2) is 39.4 Å². The van der Waals surface area contributed by atoms with Crippen LogP contribution in [0.2, 0.25) is 5.02 Å². The number of aliphatic imine (C=N–C) groups is 2. The van der Waals surface area contributed by atoms with Crippen molar-refractivity contribution >= 4 is 46.2 Å². The van der Waals surface area contributed by atoms with Gasteiger partial charge in [0.15, 0.2) is 0 Å². The number of hydrogen-bond donors (Lipinski definition) is 1. The summed E-state index contributed by atoms with van der Waals surface area (Å²) in [6, 6.07) is 6.01. The Balaban J connectivity index is 1.92. The van der Waals surface area contributed by atoms with Crippen LogP contribution < -0.4 is 5.73 Å². The van der Waals surface area contributed by atoms with Gasteiger partial charge in [0.25, 0.3) is 0 Å². The van der Waals surface area contributed by atoms with Gasteiger partial charge in [-0.2, -0.15) is 0 Å². The van der Waals surface area contributed by atoms with E-state index < -0.39 is 0 Å². The normalized spacial score (nSPS) is 20.0. The van der Waals surface area contributed by atoms with Crippen molar-refractivity contribution in [2.75, 3.05) is 6.61 Å². The van der Waals surface area contributed by atoms with Crippen molar-refractivity contribution in [1.29, 1.82) is 0 Å². The molecule has 7 nitrogen and oxygen atoms in total. The first-order chi connectivity index (χ1) is 13.5. The van der Waals surface area contributed by atoms with E-state index in [0.717, 1.165) is 40.6 Å². The van der Waals surface area contributed by atoms with Crippen LogP contribution >= 0.6 is 11.6 Å². The van der Waals surface area contributed by atoms with E-state index in [4.69, 9.17) is 27.1 Å². The number of halogens is 1. The highest BCUT2D eigenvalue weighted by molar-refractivity contribution is 6.31. The predicted octanol–water partition coefficient (Wildman–Crippen LogP) is 3.88. The molecule has 146 valence electrons. The Hall–Kier alpha value is -2.51. The van der Waals surface area contributed by atoms with Crippen LogP contribution in [0.1, 0.15) is 38.6 Å². The zero-order valence-electron chi connectivity index (χ0n) is 16.0. The van der Waals surface area contributed by atoms with Gasteiger partial charge in [0.05, 0.1) is 35.7 Å². The molecular weight excluding hydrogens is 376 g/mol. The van der Waals surface area contributed by atoms with Crippen molar-refractivity contribution < 1.29 is 4.74 Å². The number of hydrogen-bond acceptors (Lipinski definition) is 4. The maximum atomic E-state index is 6.30. The van der Waals surface area contributed by atoms with Crippen LogP contribution in [-0.2, 0) is 11.3 Å². The summed E-state index contributed by atoms with van der Waals surface area (Å²) in [4.78, 5) is 17.6. The third kappa shape index (κ3) is 3.59. The Morgan fingerprint density at radius 2 is 2.25 bits per heavy atom. The van der Waals surface area contributed by atoms with Crippen LogP contribution in [0, 0.1) is 0 Å². The lowest BCUT2D eigenvalue weighted by Gasteiger charge is -2.37. The lowest BCUT2D eigenvalue weighted by molar-refractivity contribution is -0.0688. The summed E-state index contributed by atoms with van der Waals surface area (Å²) in [6.45, 7) is 5.37. The van der Waals surface area contributed by atoms with Gasteiger partial charge >= 0.3 is 0 Å². The fraction of sp³-hybridized carbons (Fsp3) is 0.400. The molecule has 1 aromatic carbocycles. The predicted molar refractivity (Wildman–Crippen MR) is 113 cm³/mol. The first-order valence-corrected chi connectivity index (χ1v) is 9.67. The molecule has 0 radical (unpaired) electrons. The van der Waals surface area contributed by atoms with Crippen LogP contribution in [0.15, 0.2) is 34.4 Å². The molecule has 1 unspecified atom stereocenters. The van der Waals surface area contributed by atoms with Gasteiger partial charge in [-0.1, -0.05) is 11.6 Å². The summed E-state index contributed by atoms with van der Waals surface area (Å²) >= 11 is 6.30. The Bertz CT molecular complexity index is 1070. The lowest BCUT2D eigenvalue weighted by atomic mass is 9.93. The van der Waals surface area contributed by atoms with Gasteiger partial charge < -0.3 is 15.0 Å². The molecule has 0 spiro atoms. The summed E-state index contributed by atoms with van der Waals surface area (Å²) in [5, 5.41) is 1.68. The molecule has 1 saturated heterocycles. The molecule has 0 amide bonds. The largest absolute Gasteiger partial charge is 0.390 e. The van der Waals surface area contributed by atoms with Crippen molar-refractivity contribution in [2.24, 2.45) is 15.7 Å². The van der Waals surface area contributed by atoms with Gasteiger partial charge in [-0.15, -0.1) is 0 Å². The number of nitrogens with two attached hydrogens (primary N) is 1. The smallest absolute Gasteiger partial charge is 0.132 e. The standard InChI is InChI=1S/C20H23ClN6O/c1-20(2)8-14(5-6-28-20)27-18(10-23-12-24-11-22)26-17-9-25-16-4-3-13(21)7-15(16)19(17)27/h3-4,7,9,11-12,14H,5-6,8,10H2,1-2H3,(H2,22,23,24). The highest BCUT2D eigenvalue weighted by atomic mass is 35.5. The summed E-state index contributed by atoms with van der Waals surface area (Å²) < 4.78 is 8.23. The van der Waals surface area contributed by atoms with Crippen molar-refractivity contribution in [1.82, 2.24) is 14.5 Å². The van der Waals surface area contributed by atoms with Gasteiger partial charge in [-0.3, -0.25) is 9.98 Å². The van der Waals surface area contributed by atoms with E-state index in [0.29, 0.717) is 18.2 Å². The minimum Gasteiger partial charge on any atom is -0.390 e. The fourth-order valence-electron chi connectivity index (χ4n) is 3.93. The molecule has 4 rings (SSSR count). The molecule has 2 N–H and O–H groups in total. The number of ether oxygens (including phenoxy) is 1. The van der Waals surface area contributed by atoms with Crippen LogP contribution in [0.25, 0.3) is 21.9 Å². The number of pyridine rings is 1. The summed E-state index contributed by atoms with van der Waals surface area (Å²) in [6.07, 6.45) is 6.28. The molecule has 1 aliphatic rings. The highest BCUT2D eigenvalue weighted by Crippen LogP contribution is 2.37. The van der Waals surface area contributed by atoms with E-state index in [2.05, 4.69) is 33.4 Å². The van der Waals surface area contributed by atoms with E-state index in [1.54, 1.807) is 0 Å². The average Bonchev–Trinajstić information content (AvgIpc) is 3.03. The molecule has 3 aromatic rings. The Morgan fingerprint density at radius 3 is 3.04 bits per heavy atom. The Kier molecular flexibility index (Phi) is 5.03. The minimum atomic E-state index is -0.190. The lowest BCUT2D eigenvalue weighted by Crippen LogP contribution is -2.35. The molecule has 0 saturated carbocycles. The van der Waals surface area contributed by atoms with E-state index in [1.807, 2.05) is 24.4 Å². The second kappa shape index (κ2) is 7.48. The summed E-state index contributed by atoms with van der Waals surface area (Å²) in [5.74, 6) is 0.871. The van der Waals surface area contributed by atoms with Gasteiger partial charge in [0.1, 0.15) is 17.7 Å². The van der Waals surface area contributed by atoms with Crippen molar-refractivity contribution in [3.63, 3.8) is 0 Å². The van der Waals surface area contributed by atoms with Crippen molar-refractivity contribution in [3.8, 4) is 0 Å². The number of fused-ring (bicyclic) bond motifs is 3. The third-order valence-corrected chi connectivity index (χ3v) is 5.29. The fourth-order valence-corrected chi connectivity index (χ4v) is 4.10. The van der Waals surface area contributed by atoms with E-state index in [1.165, 1.54) is 12.7 Å². The number of nitrogens with zero attached hydrogens (tertiary/aromatic N) is 5. The second-order valence-corrected chi connectivity index (χ2v) is 8.00. The molecule has 2 aromatic heterocycles. The SMILES string of the molecule is CC1(C)CC(n2c(CN=CN=CN)nc3cnc4ccc(Cl)cc4c32)CCO1. The Labute approximate surface area is 168 Å². The van der Waals surface area contributed by atoms with Gasteiger partial charge in [-0.25, -0.2) is 9.98 Å². The molecule has 8 heteroatoms. The number of benzene rings is 1. The Morgan fingerprint density at radius 1 is 1.39 bits per heavy atom. The topological polar surface area (TPSA) is 90.7 Å². The number of rotatable bonds is 4. The van der Waals surface area contributed by atoms with E-state index in [9.17, 15) is 0 Å². The number of aromatic nitrogens is 3. The monoisotopic (exact) mass is 398 g/mol. The van der Waals surface area contributed by atoms with Crippen LogP contribution in [0.5, 0.6) is 0 Å². The molecule has 0 aliphatic carbocycles. The summed E-state index contributed by atoms with van der Waals surface area (Å²) in [5.41, 5.74) is 7.87. The first-order valence-electron chi connectivity index (χ1n) is 9.29. The first kappa shape index (κ1) is 18.8. The molecule has 1 aliphatic heterocycles. The minimum absolute atomic E-state index is 0.190. The maximum absolute atomic E-state index is 6.30. The molecule has 1 atom stereocenters. The third-order valence-electron chi connectivity index (χ3n) is 5.05. The molecule has 0 bridgehead atoms. The zero-order valence-corrected chi connectivity index (χ0v) is 16.7. The van der Waals surface area contributed by atoms with Crippen molar-refractivity contribution in [3.05, 3.63) is 35.2 Å². The van der Waals surface area contributed by atoms with Gasteiger partial charge in [-0.05, 0) is 44.9 Å². The maximum Gasteiger partial charge on any atom is 0.132 e. The molecule has 1 fully saturated rings. The molecule has 3 heterocycles. The van der Waals surface area contributed by atoms with E-state index >= 15 is 0 Å². The zero-order chi connectivity index (χ0) is 19.7. The quantitative estimate of drug-likeness (QED) is 0.533. The average molecular weight is 399 g/mol. The van der Waals surface area contributed by atoms with E-state index in [-0.39, 0.29) is 11.6 Å². The van der Waals surface area contributed by atoms with Crippen molar-refractivity contribution in [2.45, 2.75) is 44.9 Å². The molecule has 28 heavy (non-hydrogen) atoms. The van der Waals surface area contributed by atoms with Crippen LogP contribution in [0.4, 0.5) is 0 Å². The van der Waals surface area contributed by atoms with Gasteiger partial charge in [0.2, 0.25) is 0 Å². The second-order valence-electron chi connectivity index (χ2n) is 7.56.